The summed E-state index contributed by atoms with van der Waals surface area (Å²) in [5.74, 6) is 0.769. The second kappa shape index (κ2) is 4.12. The van der Waals surface area contributed by atoms with Gasteiger partial charge in [-0.1, -0.05) is 23.2 Å². The molecule has 0 atom stereocenters. The van der Waals surface area contributed by atoms with Crippen LogP contribution in [0.2, 0.25) is 10.0 Å². The van der Waals surface area contributed by atoms with Gasteiger partial charge < -0.3 is 0 Å². The van der Waals surface area contributed by atoms with Crippen LogP contribution in [0.4, 0.5) is 0 Å². The van der Waals surface area contributed by atoms with Crippen molar-refractivity contribution in [2.24, 2.45) is 0 Å². The van der Waals surface area contributed by atoms with Crippen LogP contribution in [-0.2, 0) is 0 Å². The lowest BCUT2D eigenvalue weighted by molar-refractivity contribution is 0.735. The van der Waals surface area contributed by atoms with Gasteiger partial charge in [-0.2, -0.15) is 5.10 Å². The van der Waals surface area contributed by atoms with E-state index in [1.165, 1.54) is 0 Å². The first-order valence-electron chi connectivity index (χ1n) is 5.29. The highest BCUT2D eigenvalue weighted by Gasteiger charge is 2.28. The minimum absolute atomic E-state index is 0.450. The first-order valence-corrected chi connectivity index (χ1v) is 6.45. The van der Waals surface area contributed by atoms with Gasteiger partial charge in [-0.3, -0.25) is 9.67 Å². The summed E-state index contributed by atoms with van der Waals surface area (Å²) in [4.78, 5) is 0. The Morgan fingerprint density at radius 2 is 2.12 bits per heavy atom. The second-order valence-corrected chi connectivity index (χ2v) is 5.31. The highest BCUT2D eigenvalue weighted by atomic mass is 35.5. The number of H-pyrrole nitrogens is 1. The Hall–Kier alpha value is -0.840. The number of rotatable bonds is 2. The summed E-state index contributed by atoms with van der Waals surface area (Å²) in [7, 11) is 0. The molecule has 1 N–H and O–H groups in total. The van der Waals surface area contributed by atoms with Gasteiger partial charge in [0.25, 0.3) is 0 Å². The summed E-state index contributed by atoms with van der Waals surface area (Å²) >= 11 is 17.4. The van der Waals surface area contributed by atoms with Gasteiger partial charge in [0.05, 0.1) is 5.02 Å². The standard InChI is InChI=1S/C11H9Cl2N3S/c12-6-1-4-9(13)8(5-6)10-14-15-11(17)16(10)7-2-3-7/h1,4-5,7H,2-3H2,(H,15,17). The molecule has 1 aromatic heterocycles. The number of hydrogen-bond acceptors (Lipinski definition) is 2. The van der Waals surface area contributed by atoms with Gasteiger partial charge in [-0.05, 0) is 43.3 Å². The van der Waals surface area contributed by atoms with Crippen LogP contribution in [0.1, 0.15) is 18.9 Å². The molecule has 6 heteroatoms. The van der Waals surface area contributed by atoms with E-state index in [4.69, 9.17) is 35.4 Å². The molecule has 0 unspecified atom stereocenters. The van der Waals surface area contributed by atoms with Crippen molar-refractivity contribution < 1.29 is 0 Å². The summed E-state index contributed by atoms with van der Waals surface area (Å²) in [6.07, 6.45) is 2.28. The number of aromatic amines is 1. The highest BCUT2D eigenvalue weighted by molar-refractivity contribution is 7.71. The quantitative estimate of drug-likeness (QED) is 0.837. The molecule has 0 radical (unpaired) electrons. The first-order chi connectivity index (χ1) is 8.16. The zero-order valence-corrected chi connectivity index (χ0v) is 11.1. The van der Waals surface area contributed by atoms with Crippen LogP contribution in [0.5, 0.6) is 0 Å². The van der Waals surface area contributed by atoms with Crippen molar-refractivity contribution in [1.29, 1.82) is 0 Å². The Balaban J connectivity index is 2.21. The number of nitrogens with zero attached hydrogens (tertiary/aromatic N) is 2. The number of nitrogens with one attached hydrogen (secondary N) is 1. The molecule has 0 aliphatic heterocycles. The maximum atomic E-state index is 6.18. The van der Waals surface area contributed by atoms with E-state index in [0.29, 0.717) is 20.9 Å². The summed E-state index contributed by atoms with van der Waals surface area (Å²) in [5.41, 5.74) is 0.818. The lowest BCUT2D eigenvalue weighted by Gasteiger charge is -2.06. The van der Waals surface area contributed by atoms with E-state index in [9.17, 15) is 0 Å². The Morgan fingerprint density at radius 3 is 2.82 bits per heavy atom. The van der Waals surface area contributed by atoms with Gasteiger partial charge in [-0.25, -0.2) is 0 Å². The lowest BCUT2D eigenvalue weighted by Crippen LogP contribution is -1.98. The Morgan fingerprint density at radius 1 is 1.35 bits per heavy atom. The molecular formula is C11H9Cl2N3S. The fourth-order valence-corrected chi connectivity index (χ4v) is 2.49. The molecule has 0 saturated heterocycles. The van der Waals surface area contributed by atoms with Crippen LogP contribution >= 0.6 is 35.4 Å². The van der Waals surface area contributed by atoms with Crippen LogP contribution in [0.3, 0.4) is 0 Å². The van der Waals surface area contributed by atoms with Crippen molar-refractivity contribution in [2.45, 2.75) is 18.9 Å². The number of halogens is 2. The minimum atomic E-state index is 0.450. The third-order valence-electron chi connectivity index (χ3n) is 2.79. The Labute approximate surface area is 113 Å². The average molecular weight is 286 g/mol. The predicted molar refractivity (Wildman–Crippen MR) is 71.1 cm³/mol. The summed E-state index contributed by atoms with van der Waals surface area (Å²) in [6.45, 7) is 0. The van der Waals surface area contributed by atoms with E-state index in [2.05, 4.69) is 10.2 Å². The van der Waals surface area contributed by atoms with E-state index in [0.717, 1.165) is 24.2 Å². The van der Waals surface area contributed by atoms with Crippen LogP contribution in [0.15, 0.2) is 18.2 Å². The van der Waals surface area contributed by atoms with E-state index < -0.39 is 0 Å². The number of hydrogen-bond donors (Lipinski definition) is 1. The summed E-state index contributed by atoms with van der Waals surface area (Å²) < 4.78 is 2.66. The summed E-state index contributed by atoms with van der Waals surface area (Å²) in [5, 5.41) is 8.34. The van der Waals surface area contributed by atoms with E-state index in [1.807, 2.05) is 10.6 Å². The number of benzene rings is 1. The molecule has 0 bridgehead atoms. The molecule has 1 heterocycles. The van der Waals surface area contributed by atoms with Crippen molar-refractivity contribution in [1.82, 2.24) is 14.8 Å². The molecule has 1 saturated carbocycles. The SMILES string of the molecule is S=c1[nH]nc(-c2cc(Cl)ccc2Cl)n1C1CC1. The van der Waals surface area contributed by atoms with Gasteiger partial charge in [0.1, 0.15) is 0 Å². The van der Waals surface area contributed by atoms with Crippen molar-refractivity contribution in [3.05, 3.63) is 33.0 Å². The second-order valence-electron chi connectivity index (χ2n) is 4.08. The van der Waals surface area contributed by atoms with E-state index in [-0.39, 0.29) is 0 Å². The fourth-order valence-electron chi connectivity index (χ4n) is 1.84. The molecule has 3 nitrogen and oxygen atoms in total. The van der Waals surface area contributed by atoms with Crippen LogP contribution in [0, 0.1) is 4.77 Å². The first kappa shape index (κ1) is 11.3. The molecule has 1 fully saturated rings. The molecule has 88 valence electrons. The third kappa shape index (κ3) is 2.01. The maximum absolute atomic E-state index is 6.18. The molecule has 3 rings (SSSR count). The van der Waals surface area contributed by atoms with E-state index >= 15 is 0 Å². The minimum Gasteiger partial charge on any atom is -0.297 e. The van der Waals surface area contributed by atoms with Gasteiger partial charge in [-0.15, -0.1) is 0 Å². The van der Waals surface area contributed by atoms with Crippen LogP contribution in [0.25, 0.3) is 11.4 Å². The van der Waals surface area contributed by atoms with E-state index in [1.54, 1.807) is 12.1 Å². The summed E-state index contributed by atoms with van der Waals surface area (Å²) in [6, 6.07) is 5.80. The van der Waals surface area contributed by atoms with Gasteiger partial charge in [0.2, 0.25) is 0 Å². The van der Waals surface area contributed by atoms with Gasteiger partial charge in [0.15, 0.2) is 10.6 Å². The zero-order valence-electron chi connectivity index (χ0n) is 8.78. The molecule has 1 aromatic carbocycles. The molecule has 0 spiro atoms. The monoisotopic (exact) mass is 285 g/mol. The van der Waals surface area contributed by atoms with Crippen LogP contribution < -0.4 is 0 Å². The smallest absolute Gasteiger partial charge is 0.195 e. The lowest BCUT2D eigenvalue weighted by atomic mass is 10.2. The number of aromatic nitrogens is 3. The molecule has 1 aliphatic carbocycles. The van der Waals surface area contributed by atoms with Crippen molar-refractivity contribution in [3.63, 3.8) is 0 Å². The fraction of sp³-hybridized carbons (Fsp3) is 0.273. The van der Waals surface area contributed by atoms with Crippen molar-refractivity contribution in [3.8, 4) is 11.4 Å². The highest BCUT2D eigenvalue weighted by Crippen LogP contribution is 2.39. The average Bonchev–Trinajstić information content (AvgIpc) is 3.06. The van der Waals surface area contributed by atoms with Crippen molar-refractivity contribution in [2.75, 3.05) is 0 Å². The normalized spacial score (nSPS) is 15.2. The topological polar surface area (TPSA) is 33.6 Å². The van der Waals surface area contributed by atoms with Crippen molar-refractivity contribution >= 4 is 35.4 Å². The molecule has 1 aliphatic rings. The Kier molecular flexibility index (Phi) is 2.73. The largest absolute Gasteiger partial charge is 0.297 e. The third-order valence-corrected chi connectivity index (χ3v) is 3.64. The molecular weight excluding hydrogens is 277 g/mol. The predicted octanol–water partition coefficient (Wildman–Crippen LogP) is 4.25. The molecule has 17 heavy (non-hydrogen) atoms. The van der Waals surface area contributed by atoms with Gasteiger partial charge in [0, 0.05) is 16.6 Å². The van der Waals surface area contributed by atoms with Crippen LogP contribution in [-0.4, -0.2) is 14.8 Å². The van der Waals surface area contributed by atoms with Gasteiger partial charge >= 0.3 is 0 Å². The Bertz CT molecular complexity index is 628. The molecule has 0 amide bonds. The molecule has 2 aromatic rings. The maximum Gasteiger partial charge on any atom is 0.195 e. The zero-order chi connectivity index (χ0) is 12.0.